The molecule has 0 radical (unpaired) electrons. The molecule has 0 heteroatoms. The van der Waals surface area contributed by atoms with Gasteiger partial charge in [0, 0.05) is 5.57 Å². The molecule has 0 aromatic heterocycles. The van der Waals surface area contributed by atoms with Gasteiger partial charge in [-0.05, 0) is 24.3 Å². The largest absolute Gasteiger partial charge is 0.124 e. The average molecular weight is 198 g/mol. The Hall–Kier alpha value is -1.52. The predicted octanol–water partition coefficient (Wildman–Crippen LogP) is 4.46. The highest BCUT2D eigenvalue weighted by molar-refractivity contribution is 5.66. The molecule has 0 amide bonds. The second-order valence-corrected chi connectivity index (χ2v) is 3.72. The van der Waals surface area contributed by atoms with Crippen LogP contribution in [0.25, 0.3) is 5.57 Å². The van der Waals surface area contributed by atoms with Crippen molar-refractivity contribution in [1.29, 1.82) is 0 Å². The van der Waals surface area contributed by atoms with Gasteiger partial charge < -0.3 is 0 Å². The van der Waals surface area contributed by atoms with Crippen molar-refractivity contribution in [2.75, 3.05) is 0 Å². The molecule has 0 saturated carbocycles. The van der Waals surface area contributed by atoms with Gasteiger partial charge in [-0.3, -0.25) is 0 Å². The maximum atomic E-state index is 3.78. The topological polar surface area (TPSA) is 0 Å². The smallest absolute Gasteiger partial charge is 0.00341 e. The summed E-state index contributed by atoms with van der Waals surface area (Å²) in [7, 11) is 0. The summed E-state index contributed by atoms with van der Waals surface area (Å²) in [5.41, 5.74) is 5.49. The normalized spacial score (nSPS) is 11.5. The van der Waals surface area contributed by atoms with E-state index in [1.807, 2.05) is 24.3 Å². The van der Waals surface area contributed by atoms with Gasteiger partial charge in [-0.1, -0.05) is 49.9 Å². The number of hydrogen-bond acceptors (Lipinski definition) is 0. The number of allylic oxidation sites excluding steroid dienone is 2. The number of rotatable bonds is 5. The quantitative estimate of drug-likeness (QED) is 0.484. The molecule has 78 valence electrons. The second-order valence-electron chi connectivity index (χ2n) is 3.72. The Balaban J connectivity index is 2.82. The summed E-state index contributed by atoms with van der Waals surface area (Å²) in [5, 5.41) is 0. The first kappa shape index (κ1) is 11.6. The van der Waals surface area contributed by atoms with E-state index in [2.05, 4.69) is 37.9 Å². The molecule has 0 aliphatic carbocycles. The van der Waals surface area contributed by atoms with Crippen LogP contribution in [0.5, 0.6) is 0 Å². The molecule has 1 atom stereocenters. The lowest BCUT2D eigenvalue weighted by atomic mass is 9.91. The van der Waals surface area contributed by atoms with E-state index >= 15 is 0 Å². The zero-order chi connectivity index (χ0) is 11.1. The molecule has 0 aliphatic rings. The summed E-state index contributed by atoms with van der Waals surface area (Å²) in [5.74, 6) is 0.489. The van der Waals surface area contributed by atoms with Gasteiger partial charge in [0.1, 0.15) is 0 Å². The second kappa shape index (κ2) is 6.06. The lowest BCUT2D eigenvalue weighted by molar-refractivity contribution is 0.676. The molecule has 0 bridgehead atoms. The van der Waals surface area contributed by atoms with Crippen molar-refractivity contribution in [3.63, 3.8) is 0 Å². The van der Waals surface area contributed by atoms with Crippen molar-refractivity contribution in [2.45, 2.75) is 19.8 Å². The maximum Gasteiger partial charge on any atom is 0.00341 e. The van der Waals surface area contributed by atoms with Gasteiger partial charge in [-0.15, -0.1) is 12.3 Å². The molecule has 1 rings (SSSR count). The van der Waals surface area contributed by atoms with Crippen LogP contribution in [-0.2, 0) is 0 Å². The zero-order valence-corrected chi connectivity index (χ0v) is 9.37. The standard InChI is InChI=1S/C15H18/c1-4-6-10-13(3)15(5-2)14-11-8-7-9-12-14/h4,7-9,11-13H,1-2,6,10H2,3H3. The van der Waals surface area contributed by atoms with Crippen molar-refractivity contribution in [3.05, 3.63) is 60.9 Å². The van der Waals surface area contributed by atoms with E-state index in [4.69, 9.17) is 0 Å². The summed E-state index contributed by atoms with van der Waals surface area (Å²) in [4.78, 5) is 0. The third-order valence-corrected chi connectivity index (χ3v) is 2.57. The highest BCUT2D eigenvalue weighted by Gasteiger charge is 2.08. The molecule has 0 heterocycles. The minimum Gasteiger partial charge on any atom is -0.124 e. The van der Waals surface area contributed by atoms with Crippen LogP contribution in [0.15, 0.2) is 55.3 Å². The van der Waals surface area contributed by atoms with Crippen LogP contribution in [0.4, 0.5) is 0 Å². The van der Waals surface area contributed by atoms with Gasteiger partial charge in [0.2, 0.25) is 0 Å². The highest BCUT2D eigenvalue weighted by Crippen LogP contribution is 2.25. The van der Waals surface area contributed by atoms with E-state index in [0.717, 1.165) is 12.8 Å². The van der Waals surface area contributed by atoms with Gasteiger partial charge in [0.05, 0.1) is 0 Å². The van der Waals surface area contributed by atoms with Crippen molar-refractivity contribution in [2.24, 2.45) is 5.92 Å². The fraction of sp³-hybridized carbons (Fsp3) is 0.267. The third-order valence-electron chi connectivity index (χ3n) is 2.57. The Morgan fingerprint density at radius 3 is 2.60 bits per heavy atom. The summed E-state index contributed by atoms with van der Waals surface area (Å²) in [6.07, 6.45) is 4.11. The Labute approximate surface area is 92.6 Å². The van der Waals surface area contributed by atoms with Crippen LogP contribution in [0.1, 0.15) is 25.3 Å². The average Bonchev–Trinajstić information content (AvgIpc) is 2.29. The van der Waals surface area contributed by atoms with Crippen LogP contribution in [0.2, 0.25) is 0 Å². The van der Waals surface area contributed by atoms with Crippen molar-refractivity contribution in [3.8, 4) is 0 Å². The molecule has 1 aromatic rings. The third kappa shape index (κ3) is 3.27. The van der Waals surface area contributed by atoms with Crippen molar-refractivity contribution >= 4 is 5.57 Å². The molecule has 0 N–H and O–H groups in total. The minimum absolute atomic E-state index is 0.489. The molecular formula is C15H18. The SMILES string of the molecule is C=C=C(c1ccccc1)C(C)CCC=C. The van der Waals surface area contributed by atoms with Gasteiger partial charge >= 0.3 is 0 Å². The van der Waals surface area contributed by atoms with Gasteiger partial charge in [-0.2, -0.15) is 0 Å². The van der Waals surface area contributed by atoms with Gasteiger partial charge in [0.15, 0.2) is 0 Å². The van der Waals surface area contributed by atoms with E-state index in [1.54, 1.807) is 0 Å². The molecule has 0 aliphatic heterocycles. The first-order valence-electron chi connectivity index (χ1n) is 5.36. The summed E-state index contributed by atoms with van der Waals surface area (Å²) < 4.78 is 0. The Morgan fingerprint density at radius 2 is 2.07 bits per heavy atom. The van der Waals surface area contributed by atoms with E-state index < -0.39 is 0 Å². The molecule has 15 heavy (non-hydrogen) atoms. The summed E-state index contributed by atoms with van der Waals surface area (Å²) in [6, 6.07) is 10.3. The van der Waals surface area contributed by atoms with E-state index in [9.17, 15) is 0 Å². The summed E-state index contributed by atoms with van der Waals surface area (Å²) in [6.45, 7) is 9.74. The van der Waals surface area contributed by atoms with Crippen LogP contribution in [0.3, 0.4) is 0 Å². The predicted molar refractivity (Wildman–Crippen MR) is 67.6 cm³/mol. The highest BCUT2D eigenvalue weighted by atomic mass is 14.1. The minimum atomic E-state index is 0.489. The van der Waals surface area contributed by atoms with Crippen LogP contribution < -0.4 is 0 Å². The lowest BCUT2D eigenvalue weighted by Crippen LogP contribution is -1.97. The van der Waals surface area contributed by atoms with Crippen LogP contribution in [-0.4, -0.2) is 0 Å². The fourth-order valence-electron chi connectivity index (χ4n) is 1.69. The molecule has 0 saturated heterocycles. The van der Waals surface area contributed by atoms with Gasteiger partial charge in [0.25, 0.3) is 0 Å². The molecule has 0 spiro atoms. The fourth-order valence-corrected chi connectivity index (χ4v) is 1.69. The molecule has 1 aromatic carbocycles. The van der Waals surface area contributed by atoms with E-state index in [-0.39, 0.29) is 0 Å². The first-order valence-corrected chi connectivity index (χ1v) is 5.36. The van der Waals surface area contributed by atoms with Crippen LogP contribution >= 0.6 is 0 Å². The molecule has 0 fully saturated rings. The van der Waals surface area contributed by atoms with E-state index in [0.29, 0.717) is 5.92 Å². The summed E-state index contributed by atoms with van der Waals surface area (Å²) >= 11 is 0. The van der Waals surface area contributed by atoms with Crippen LogP contribution in [0, 0.1) is 5.92 Å². The maximum absolute atomic E-state index is 3.78. The lowest BCUT2D eigenvalue weighted by Gasteiger charge is -2.13. The Kier molecular flexibility index (Phi) is 4.66. The molecular weight excluding hydrogens is 180 g/mol. The van der Waals surface area contributed by atoms with Gasteiger partial charge in [-0.25, -0.2) is 0 Å². The number of hydrogen-bond donors (Lipinski definition) is 0. The monoisotopic (exact) mass is 198 g/mol. The number of benzene rings is 1. The van der Waals surface area contributed by atoms with Crippen molar-refractivity contribution < 1.29 is 0 Å². The van der Waals surface area contributed by atoms with E-state index in [1.165, 1.54) is 11.1 Å². The first-order chi connectivity index (χ1) is 7.29. The molecule has 0 nitrogen and oxygen atoms in total. The Morgan fingerprint density at radius 1 is 1.40 bits per heavy atom. The van der Waals surface area contributed by atoms with Crippen molar-refractivity contribution in [1.82, 2.24) is 0 Å². The molecule has 1 unspecified atom stereocenters. The zero-order valence-electron chi connectivity index (χ0n) is 9.37. The Bertz CT molecular complexity index is 353.